The second-order valence-corrected chi connectivity index (χ2v) is 7.39. The lowest BCUT2D eigenvalue weighted by Crippen LogP contribution is -2.31. The van der Waals surface area contributed by atoms with Gasteiger partial charge in [-0.2, -0.15) is 0 Å². The van der Waals surface area contributed by atoms with Gasteiger partial charge in [-0.05, 0) is 48.9 Å². The smallest absolute Gasteiger partial charge is 0.261 e. The first-order chi connectivity index (χ1) is 13.7. The zero-order valence-corrected chi connectivity index (χ0v) is 16.2. The molecule has 1 aliphatic rings. The first-order valence-corrected chi connectivity index (χ1v) is 9.88. The zero-order valence-electron chi connectivity index (χ0n) is 15.3. The molecule has 2 amide bonds. The second-order valence-electron chi connectivity index (χ2n) is 6.36. The maximum absolute atomic E-state index is 13.0. The summed E-state index contributed by atoms with van der Waals surface area (Å²) in [6.45, 7) is 2.96. The summed E-state index contributed by atoms with van der Waals surface area (Å²) >= 11 is 1.41. The second kappa shape index (κ2) is 7.90. The minimum atomic E-state index is -0.196. The molecule has 7 heteroatoms. The van der Waals surface area contributed by atoms with E-state index in [0.29, 0.717) is 35.0 Å². The highest BCUT2D eigenvalue weighted by Gasteiger charge is 2.28. The third-order valence-corrected chi connectivity index (χ3v) is 5.48. The summed E-state index contributed by atoms with van der Waals surface area (Å²) in [5, 5.41) is 3.50. The molecule has 1 aromatic carbocycles. The van der Waals surface area contributed by atoms with Crippen LogP contribution in [0.1, 0.15) is 39.8 Å². The molecule has 0 atom stereocenters. The number of fused-ring (bicyclic) bond motifs is 2. The van der Waals surface area contributed by atoms with Gasteiger partial charge in [0.25, 0.3) is 11.8 Å². The molecule has 0 unspecified atom stereocenters. The summed E-state index contributed by atoms with van der Waals surface area (Å²) < 4.78 is 5.25. The number of rotatable bonds is 5. The van der Waals surface area contributed by atoms with Crippen LogP contribution >= 0.6 is 11.8 Å². The number of carbonyl (C=O) groups excluding carboxylic acids is 2. The number of hydrogen-bond donors (Lipinski definition) is 1. The molecule has 3 aromatic rings. The lowest BCUT2D eigenvalue weighted by atomic mass is 10.1. The number of hydrogen-bond acceptors (Lipinski definition) is 5. The third-order valence-electron chi connectivity index (χ3n) is 4.42. The van der Waals surface area contributed by atoms with Crippen molar-refractivity contribution >= 4 is 29.3 Å². The van der Waals surface area contributed by atoms with Crippen molar-refractivity contribution in [2.24, 2.45) is 0 Å². The van der Waals surface area contributed by atoms with Gasteiger partial charge in [0.15, 0.2) is 0 Å². The maximum Gasteiger partial charge on any atom is 0.261 e. The number of furan rings is 1. The average Bonchev–Trinajstić information content (AvgIpc) is 3.20. The number of pyridine rings is 1. The zero-order chi connectivity index (χ0) is 19.5. The minimum absolute atomic E-state index is 0.0637. The van der Waals surface area contributed by atoms with Crippen molar-refractivity contribution < 1.29 is 14.0 Å². The molecular weight excluding hydrogens is 374 g/mol. The van der Waals surface area contributed by atoms with Crippen molar-refractivity contribution in [1.82, 2.24) is 10.3 Å². The van der Waals surface area contributed by atoms with E-state index in [4.69, 9.17) is 4.42 Å². The number of anilines is 1. The summed E-state index contributed by atoms with van der Waals surface area (Å²) in [7, 11) is 0. The SMILES string of the molecule is CCCN1C(=O)c2cccnc2Sc2cc(C(=O)NCc3ccco3)ccc21. The molecule has 3 heterocycles. The molecule has 0 radical (unpaired) electrons. The lowest BCUT2D eigenvalue weighted by molar-refractivity contribution is 0.0947. The largest absolute Gasteiger partial charge is 0.467 e. The Bertz CT molecular complexity index is 1020. The van der Waals surface area contributed by atoms with E-state index in [-0.39, 0.29) is 11.8 Å². The van der Waals surface area contributed by atoms with E-state index in [0.717, 1.165) is 17.0 Å². The molecule has 0 fully saturated rings. The van der Waals surface area contributed by atoms with Gasteiger partial charge in [-0.25, -0.2) is 4.98 Å². The fraction of sp³-hybridized carbons (Fsp3) is 0.190. The van der Waals surface area contributed by atoms with Gasteiger partial charge in [-0.1, -0.05) is 18.7 Å². The molecule has 4 rings (SSSR count). The number of nitrogens with zero attached hydrogens (tertiary/aromatic N) is 2. The van der Waals surface area contributed by atoms with Gasteiger partial charge in [0, 0.05) is 23.2 Å². The van der Waals surface area contributed by atoms with Gasteiger partial charge in [-0.15, -0.1) is 0 Å². The van der Waals surface area contributed by atoms with Crippen LogP contribution in [0.4, 0.5) is 5.69 Å². The van der Waals surface area contributed by atoms with Crippen molar-refractivity contribution in [2.75, 3.05) is 11.4 Å². The summed E-state index contributed by atoms with van der Waals surface area (Å²) in [5.41, 5.74) is 1.92. The van der Waals surface area contributed by atoms with E-state index in [9.17, 15) is 9.59 Å². The summed E-state index contributed by atoms with van der Waals surface area (Å²) in [6.07, 6.45) is 4.08. The molecule has 0 saturated heterocycles. The van der Waals surface area contributed by atoms with Crippen LogP contribution in [-0.4, -0.2) is 23.3 Å². The van der Waals surface area contributed by atoms with Crippen LogP contribution in [0.2, 0.25) is 0 Å². The Morgan fingerprint density at radius 1 is 1.25 bits per heavy atom. The molecule has 28 heavy (non-hydrogen) atoms. The number of nitrogens with one attached hydrogen (secondary N) is 1. The van der Waals surface area contributed by atoms with E-state index < -0.39 is 0 Å². The molecule has 1 N–H and O–H groups in total. The Balaban J connectivity index is 1.66. The van der Waals surface area contributed by atoms with Crippen molar-refractivity contribution in [3.05, 3.63) is 71.8 Å². The topological polar surface area (TPSA) is 75.4 Å². The van der Waals surface area contributed by atoms with Crippen molar-refractivity contribution in [3.8, 4) is 0 Å². The highest BCUT2D eigenvalue weighted by Crippen LogP contribution is 2.40. The van der Waals surface area contributed by atoms with Gasteiger partial charge in [-0.3, -0.25) is 9.59 Å². The van der Waals surface area contributed by atoms with Crippen molar-refractivity contribution in [2.45, 2.75) is 29.8 Å². The van der Waals surface area contributed by atoms with E-state index in [1.54, 1.807) is 41.6 Å². The molecule has 2 aromatic heterocycles. The van der Waals surface area contributed by atoms with Crippen molar-refractivity contribution in [1.29, 1.82) is 0 Å². The van der Waals surface area contributed by atoms with Crippen molar-refractivity contribution in [3.63, 3.8) is 0 Å². The molecule has 0 bridgehead atoms. The predicted octanol–water partition coefficient (Wildman–Crippen LogP) is 4.13. The quantitative estimate of drug-likeness (QED) is 0.705. The monoisotopic (exact) mass is 393 g/mol. The standard InChI is InChI=1S/C21H19N3O3S/c1-2-10-24-17-8-7-14(19(25)23-13-15-5-4-11-27-15)12-18(17)28-20-16(21(24)26)6-3-9-22-20/h3-9,11-12H,2,10,13H2,1H3,(H,23,25). The average molecular weight is 393 g/mol. The number of aromatic nitrogens is 1. The number of benzene rings is 1. The highest BCUT2D eigenvalue weighted by atomic mass is 32.2. The predicted molar refractivity (Wildman–Crippen MR) is 107 cm³/mol. The minimum Gasteiger partial charge on any atom is -0.467 e. The van der Waals surface area contributed by atoms with Gasteiger partial charge < -0.3 is 14.6 Å². The molecule has 1 aliphatic heterocycles. The Kier molecular flexibility index (Phi) is 5.16. The number of amides is 2. The third kappa shape index (κ3) is 3.53. The van der Waals surface area contributed by atoms with E-state index in [2.05, 4.69) is 10.3 Å². The van der Waals surface area contributed by atoms with E-state index >= 15 is 0 Å². The highest BCUT2D eigenvalue weighted by molar-refractivity contribution is 7.99. The first kappa shape index (κ1) is 18.3. The Hall–Kier alpha value is -3.06. The Labute approximate surface area is 166 Å². The van der Waals surface area contributed by atoms with Crippen LogP contribution in [0, 0.1) is 0 Å². The molecule has 6 nitrogen and oxygen atoms in total. The summed E-state index contributed by atoms with van der Waals surface area (Å²) in [6, 6.07) is 12.6. The summed E-state index contributed by atoms with van der Waals surface area (Å²) in [4.78, 5) is 32.6. The molecule has 0 spiro atoms. The maximum atomic E-state index is 13.0. The summed E-state index contributed by atoms with van der Waals surface area (Å²) in [5.74, 6) is 0.431. The lowest BCUT2D eigenvalue weighted by Gasteiger charge is -2.22. The Morgan fingerprint density at radius 3 is 2.93 bits per heavy atom. The molecule has 142 valence electrons. The molecule has 0 aliphatic carbocycles. The van der Waals surface area contributed by atoms with Crippen LogP contribution in [0.25, 0.3) is 0 Å². The van der Waals surface area contributed by atoms with Gasteiger partial charge in [0.05, 0.1) is 24.1 Å². The van der Waals surface area contributed by atoms with Crippen LogP contribution in [0.5, 0.6) is 0 Å². The van der Waals surface area contributed by atoms with Gasteiger partial charge >= 0.3 is 0 Å². The van der Waals surface area contributed by atoms with Crippen LogP contribution < -0.4 is 10.2 Å². The molecule has 0 saturated carbocycles. The fourth-order valence-electron chi connectivity index (χ4n) is 3.08. The van der Waals surface area contributed by atoms with Crippen LogP contribution in [0.15, 0.2) is 69.3 Å². The fourth-order valence-corrected chi connectivity index (χ4v) is 4.14. The normalized spacial score (nSPS) is 12.9. The van der Waals surface area contributed by atoms with E-state index in [1.165, 1.54) is 11.8 Å². The van der Waals surface area contributed by atoms with Crippen LogP contribution in [-0.2, 0) is 6.54 Å². The number of carbonyl (C=O) groups is 2. The first-order valence-electron chi connectivity index (χ1n) is 9.06. The molecular formula is C21H19N3O3S. The van der Waals surface area contributed by atoms with Gasteiger partial charge in [0.2, 0.25) is 0 Å². The Morgan fingerprint density at radius 2 is 2.14 bits per heavy atom. The van der Waals surface area contributed by atoms with Gasteiger partial charge in [0.1, 0.15) is 10.8 Å². The van der Waals surface area contributed by atoms with E-state index in [1.807, 2.05) is 25.1 Å². The van der Waals surface area contributed by atoms with Crippen LogP contribution in [0.3, 0.4) is 0 Å².